The molecule has 31 heavy (non-hydrogen) atoms. The summed E-state index contributed by atoms with van der Waals surface area (Å²) in [6.07, 6.45) is 10.00. The lowest BCUT2D eigenvalue weighted by molar-refractivity contribution is -0.403. The van der Waals surface area contributed by atoms with E-state index in [9.17, 15) is 5.11 Å². The van der Waals surface area contributed by atoms with Gasteiger partial charge in [-0.25, -0.2) is 0 Å². The van der Waals surface area contributed by atoms with E-state index in [1.165, 1.54) is 0 Å². The van der Waals surface area contributed by atoms with Crippen LogP contribution < -0.4 is 0 Å². The van der Waals surface area contributed by atoms with Crippen LogP contribution in [0, 0.1) is 0 Å². The fraction of sp³-hybridized carbons (Fsp3) is 1.00. The second-order valence-electron chi connectivity index (χ2n) is 10.7. The summed E-state index contributed by atoms with van der Waals surface area (Å²) in [5.41, 5.74) is -3.67. The molecule has 1 N–H and O–H groups in total. The van der Waals surface area contributed by atoms with E-state index in [0.717, 1.165) is 84.0 Å². The van der Waals surface area contributed by atoms with Crippen LogP contribution in [0.1, 0.15) is 70.6 Å². The maximum atomic E-state index is 9.92. The molecule has 7 nitrogen and oxygen atoms in total. The van der Waals surface area contributed by atoms with Gasteiger partial charge in [0.1, 0.15) is 28.0 Å². The molecule has 0 aromatic heterocycles. The minimum absolute atomic E-state index is 0.0991. The largest absolute Gasteiger partial charge is 0.396 e. The van der Waals surface area contributed by atoms with Crippen molar-refractivity contribution >= 4 is 0 Å². The molecular weight excluding hydrogens is 400 g/mol. The van der Waals surface area contributed by atoms with E-state index in [0.29, 0.717) is 19.6 Å². The predicted molar refractivity (Wildman–Crippen MR) is 109 cm³/mol. The van der Waals surface area contributed by atoms with Gasteiger partial charge in [0.25, 0.3) is 0 Å². The zero-order valence-corrected chi connectivity index (χ0v) is 18.5. The molecule has 6 heterocycles. The number of fused-ring (bicyclic) bond motifs is 6. The van der Waals surface area contributed by atoms with Gasteiger partial charge < -0.3 is 33.5 Å². The first-order chi connectivity index (χ1) is 15.2. The minimum Gasteiger partial charge on any atom is -0.396 e. The van der Waals surface area contributed by atoms with E-state index in [4.69, 9.17) is 28.4 Å². The molecule has 7 fully saturated rings. The summed E-state index contributed by atoms with van der Waals surface area (Å²) in [4.78, 5) is 0. The van der Waals surface area contributed by atoms with E-state index in [1.54, 1.807) is 0 Å². The van der Waals surface area contributed by atoms with Crippen molar-refractivity contribution in [3.63, 3.8) is 0 Å². The highest BCUT2D eigenvalue weighted by Gasteiger charge is 2.98. The Morgan fingerprint density at radius 2 is 0.903 bits per heavy atom. The topological polar surface area (TPSA) is 78.9 Å². The number of rotatable bonds is 2. The van der Waals surface area contributed by atoms with Gasteiger partial charge in [0, 0.05) is 39.6 Å². The molecule has 174 valence electrons. The zero-order valence-electron chi connectivity index (χ0n) is 18.5. The monoisotopic (exact) mass is 436 g/mol. The Labute approximate surface area is 184 Å². The third-order valence-electron chi connectivity index (χ3n) is 10.0. The summed E-state index contributed by atoms with van der Waals surface area (Å²) >= 11 is 0. The Morgan fingerprint density at radius 3 is 1.23 bits per heavy atom. The highest BCUT2D eigenvalue weighted by Crippen LogP contribution is 2.79. The third kappa shape index (κ3) is 1.86. The lowest BCUT2D eigenvalue weighted by Gasteiger charge is -2.71. The fourth-order valence-electron chi connectivity index (χ4n) is 9.52. The standard InChI is InChI=1S/C24H36O7/c25-12-6-18-24(31-18)22(10-4-16-29-22)20(8-2-14-27-20)19(7-1-13-26-19)21(9-3-15-28-21)23(24)11-5-17-30-23/h18,25H,1-17H2/t18?,19?,20-,21+,22+,23-,24?. The average Bonchev–Trinajstić information content (AvgIpc) is 3.50. The lowest BCUT2D eigenvalue weighted by Crippen LogP contribution is -2.92. The second-order valence-corrected chi connectivity index (χ2v) is 10.7. The van der Waals surface area contributed by atoms with Crippen molar-refractivity contribution in [2.75, 3.05) is 39.6 Å². The van der Waals surface area contributed by atoms with Gasteiger partial charge in [0.05, 0.1) is 6.10 Å². The zero-order chi connectivity index (χ0) is 20.8. The first kappa shape index (κ1) is 20.1. The van der Waals surface area contributed by atoms with Crippen molar-refractivity contribution in [1.29, 1.82) is 0 Å². The molecule has 7 atom stereocenters. The van der Waals surface area contributed by atoms with Crippen LogP contribution in [0.4, 0.5) is 0 Å². The fourth-order valence-corrected chi connectivity index (χ4v) is 9.52. The van der Waals surface area contributed by atoms with Crippen LogP contribution in [-0.2, 0) is 28.4 Å². The summed E-state index contributed by atoms with van der Waals surface area (Å²) in [6, 6.07) is 0. The number of epoxide rings is 1. The minimum atomic E-state index is -0.651. The summed E-state index contributed by atoms with van der Waals surface area (Å²) in [6.45, 7) is 3.70. The van der Waals surface area contributed by atoms with Gasteiger partial charge in [-0.1, -0.05) is 0 Å². The van der Waals surface area contributed by atoms with E-state index in [-0.39, 0.29) is 12.7 Å². The molecule has 3 unspecified atom stereocenters. The van der Waals surface area contributed by atoms with Gasteiger partial charge in [-0.15, -0.1) is 0 Å². The molecule has 6 aliphatic heterocycles. The van der Waals surface area contributed by atoms with Crippen molar-refractivity contribution < 1.29 is 33.5 Å². The van der Waals surface area contributed by atoms with Crippen molar-refractivity contribution in [2.24, 2.45) is 0 Å². The highest BCUT2D eigenvalue weighted by molar-refractivity contribution is 5.47. The summed E-state index contributed by atoms with van der Waals surface area (Å²) in [5, 5.41) is 9.92. The van der Waals surface area contributed by atoms with Crippen molar-refractivity contribution in [3.05, 3.63) is 0 Å². The second kappa shape index (κ2) is 6.44. The molecule has 6 spiro atoms. The van der Waals surface area contributed by atoms with Crippen LogP contribution in [0.25, 0.3) is 0 Å². The maximum Gasteiger partial charge on any atom is 0.158 e. The predicted octanol–water partition coefficient (Wildman–Crippen LogP) is 2.27. The Bertz CT molecular complexity index is 674. The van der Waals surface area contributed by atoms with Gasteiger partial charge in [0.2, 0.25) is 0 Å². The van der Waals surface area contributed by atoms with Crippen LogP contribution in [0.15, 0.2) is 0 Å². The number of aliphatic hydroxyl groups excluding tert-OH is 1. The summed E-state index contributed by atoms with van der Waals surface area (Å²) < 4.78 is 41.4. The van der Waals surface area contributed by atoms with Gasteiger partial charge in [0.15, 0.2) is 5.60 Å². The van der Waals surface area contributed by atoms with Gasteiger partial charge >= 0.3 is 0 Å². The molecule has 7 aliphatic rings. The molecule has 7 heteroatoms. The number of hydrogen-bond donors (Lipinski definition) is 1. The first-order valence-electron chi connectivity index (χ1n) is 12.7. The Balaban J connectivity index is 1.55. The van der Waals surface area contributed by atoms with Gasteiger partial charge in [-0.2, -0.15) is 0 Å². The average molecular weight is 437 g/mol. The maximum absolute atomic E-state index is 9.92. The highest BCUT2D eigenvalue weighted by atomic mass is 16.7. The van der Waals surface area contributed by atoms with Crippen molar-refractivity contribution in [1.82, 2.24) is 0 Å². The van der Waals surface area contributed by atoms with Crippen LogP contribution in [-0.4, -0.2) is 84.5 Å². The molecule has 1 aliphatic carbocycles. The van der Waals surface area contributed by atoms with Crippen LogP contribution in [0.3, 0.4) is 0 Å². The molecule has 0 aromatic carbocycles. The van der Waals surface area contributed by atoms with Crippen molar-refractivity contribution in [2.45, 2.75) is 110 Å². The SMILES string of the molecule is OCCC1OC12[C@@]1(CCCO1)[C@]1(CCCO1)C1(CCCO1)[C@]1(CCCO1)[C@@]21CCCO1. The van der Waals surface area contributed by atoms with E-state index < -0.39 is 33.6 Å². The first-order valence-corrected chi connectivity index (χ1v) is 12.7. The Kier molecular flexibility index (Phi) is 4.18. The lowest BCUT2D eigenvalue weighted by atomic mass is 9.42. The van der Waals surface area contributed by atoms with E-state index in [2.05, 4.69) is 0 Å². The molecule has 0 amide bonds. The van der Waals surface area contributed by atoms with Crippen LogP contribution in [0.5, 0.6) is 0 Å². The molecule has 0 bridgehead atoms. The van der Waals surface area contributed by atoms with Gasteiger partial charge in [-0.3, -0.25) is 0 Å². The Morgan fingerprint density at radius 1 is 0.548 bits per heavy atom. The molecule has 0 aromatic rings. The summed E-state index contributed by atoms with van der Waals surface area (Å²) in [5.74, 6) is 0. The molecule has 7 rings (SSSR count). The van der Waals surface area contributed by atoms with Gasteiger partial charge in [-0.05, 0) is 70.6 Å². The summed E-state index contributed by atoms with van der Waals surface area (Å²) in [7, 11) is 0. The number of ether oxygens (including phenoxy) is 6. The number of hydrogen-bond acceptors (Lipinski definition) is 7. The van der Waals surface area contributed by atoms with Crippen LogP contribution in [0.2, 0.25) is 0 Å². The van der Waals surface area contributed by atoms with E-state index >= 15 is 0 Å². The van der Waals surface area contributed by atoms with Crippen molar-refractivity contribution in [3.8, 4) is 0 Å². The molecule has 6 saturated heterocycles. The third-order valence-corrected chi connectivity index (χ3v) is 10.0. The van der Waals surface area contributed by atoms with E-state index in [1.807, 2.05) is 0 Å². The quantitative estimate of drug-likeness (QED) is 0.665. The normalized spacial score (nSPS) is 57.8. The van der Waals surface area contributed by atoms with Crippen LogP contribution >= 0.6 is 0 Å². The molecular formula is C24H36O7. The molecule has 1 saturated carbocycles. The smallest absolute Gasteiger partial charge is 0.158 e. The Hall–Kier alpha value is -0.280. The number of aliphatic hydroxyl groups is 1. The molecule has 0 radical (unpaired) electrons.